The van der Waals surface area contributed by atoms with Crippen molar-refractivity contribution in [3.8, 4) is 6.07 Å². The molecule has 0 aliphatic heterocycles. The molecule has 4 rings (SSSR count). The molecule has 0 bridgehead atoms. The molecule has 1 aliphatic carbocycles. The van der Waals surface area contributed by atoms with Crippen LogP contribution in [0.5, 0.6) is 0 Å². The number of aryl methyl sites for hydroxylation is 1. The van der Waals surface area contributed by atoms with Crippen LogP contribution in [-0.2, 0) is 30.7 Å². The number of rotatable bonds is 5. The fraction of sp³-hybridized carbons (Fsp3) is 0.286. The van der Waals surface area contributed by atoms with Gasteiger partial charge in [0.15, 0.2) is 6.54 Å². The van der Waals surface area contributed by atoms with Gasteiger partial charge in [-0.15, -0.1) is 11.3 Å². The normalized spacial score (nSPS) is 12.5. The number of nitrogens with one attached hydrogen (secondary N) is 1. The lowest BCUT2D eigenvalue weighted by molar-refractivity contribution is -0.687. The predicted octanol–water partition coefficient (Wildman–Crippen LogP) is 0.279. The van der Waals surface area contributed by atoms with Crippen LogP contribution in [0.4, 0.5) is 5.00 Å². The third-order valence-electron chi connectivity index (χ3n) is 4.82. The summed E-state index contributed by atoms with van der Waals surface area (Å²) in [4.78, 5) is 13.7. The second-order valence-electron chi connectivity index (χ2n) is 6.82. The molecule has 0 fully saturated rings. The van der Waals surface area contributed by atoms with Crippen LogP contribution in [-0.4, -0.2) is 10.5 Å². The van der Waals surface area contributed by atoms with E-state index in [2.05, 4.69) is 23.5 Å². The van der Waals surface area contributed by atoms with Crippen molar-refractivity contribution in [3.05, 3.63) is 70.6 Å². The fourth-order valence-electron chi connectivity index (χ4n) is 3.52. The summed E-state index contributed by atoms with van der Waals surface area (Å²) in [6.45, 7) is 1.00. The molecule has 3 aromatic rings. The van der Waals surface area contributed by atoms with E-state index in [0.29, 0.717) is 10.6 Å². The van der Waals surface area contributed by atoms with Crippen molar-refractivity contribution in [1.29, 1.82) is 5.26 Å². The zero-order valence-corrected chi connectivity index (χ0v) is 17.0. The second kappa shape index (κ2) is 9.05. The van der Waals surface area contributed by atoms with Crippen molar-refractivity contribution in [2.75, 3.05) is 5.32 Å². The number of amides is 1. The molecule has 2 heterocycles. The Kier molecular flexibility index (Phi) is 6.50. The minimum absolute atomic E-state index is 0. The Morgan fingerprint density at radius 2 is 2.04 bits per heavy atom. The highest BCUT2D eigenvalue weighted by Crippen LogP contribution is 2.37. The van der Waals surface area contributed by atoms with Crippen molar-refractivity contribution >= 4 is 22.2 Å². The highest BCUT2D eigenvalue weighted by molar-refractivity contribution is 7.16. The van der Waals surface area contributed by atoms with Gasteiger partial charge in [0.2, 0.25) is 6.33 Å². The summed E-state index contributed by atoms with van der Waals surface area (Å²) in [5, 5.41) is 13.2. The van der Waals surface area contributed by atoms with Crippen LogP contribution in [0.3, 0.4) is 0 Å². The van der Waals surface area contributed by atoms with Gasteiger partial charge in [-0.2, -0.15) is 5.26 Å². The molecule has 2 aromatic heterocycles. The zero-order chi connectivity index (χ0) is 18.6. The van der Waals surface area contributed by atoms with E-state index in [0.717, 1.165) is 37.8 Å². The van der Waals surface area contributed by atoms with Gasteiger partial charge in [-0.25, -0.2) is 9.13 Å². The van der Waals surface area contributed by atoms with Crippen LogP contribution in [0.25, 0.3) is 0 Å². The van der Waals surface area contributed by atoms with Gasteiger partial charge in [0.1, 0.15) is 30.0 Å². The Hall–Kier alpha value is -2.62. The Morgan fingerprint density at radius 3 is 2.82 bits per heavy atom. The number of anilines is 1. The van der Waals surface area contributed by atoms with E-state index in [-0.39, 0.29) is 24.9 Å². The summed E-state index contributed by atoms with van der Waals surface area (Å²) in [6.07, 6.45) is 10.0. The lowest BCUT2D eigenvalue weighted by atomic mass is 9.96. The maximum atomic E-state index is 12.5. The summed E-state index contributed by atoms with van der Waals surface area (Å²) < 4.78 is 3.91. The van der Waals surface area contributed by atoms with Gasteiger partial charge in [0.25, 0.3) is 5.91 Å². The Morgan fingerprint density at radius 1 is 1.25 bits per heavy atom. The van der Waals surface area contributed by atoms with Crippen LogP contribution in [0.2, 0.25) is 0 Å². The zero-order valence-electron chi connectivity index (χ0n) is 15.4. The number of carbonyl (C=O) groups excluding carboxylic acids is 1. The van der Waals surface area contributed by atoms with Gasteiger partial charge in [0.05, 0.1) is 5.56 Å². The molecule has 7 heteroatoms. The van der Waals surface area contributed by atoms with E-state index >= 15 is 0 Å². The molecular weight excluding hydrogens is 392 g/mol. The monoisotopic (exact) mass is 412 g/mol. The standard InChI is InChI=1S/C21H20N4OS.ClH/c22-12-18-17-8-4-5-9-19(17)27-21(18)23-20(26)14-25-11-10-24(15-25)13-16-6-2-1-3-7-16;/h1-3,6-7,10-11,15H,4-5,8-9,13-14H2;1H. The summed E-state index contributed by atoms with van der Waals surface area (Å²) >= 11 is 1.56. The van der Waals surface area contributed by atoms with Crippen molar-refractivity contribution in [1.82, 2.24) is 4.57 Å². The molecule has 0 radical (unpaired) electrons. The number of hydrogen-bond donors (Lipinski definition) is 1. The van der Waals surface area contributed by atoms with Crippen LogP contribution >= 0.6 is 11.3 Å². The van der Waals surface area contributed by atoms with Gasteiger partial charge >= 0.3 is 0 Å². The summed E-state index contributed by atoms with van der Waals surface area (Å²) in [6, 6.07) is 12.5. The van der Waals surface area contributed by atoms with Crippen molar-refractivity contribution in [2.45, 2.75) is 38.8 Å². The van der Waals surface area contributed by atoms with Crippen molar-refractivity contribution < 1.29 is 21.8 Å². The van der Waals surface area contributed by atoms with Crippen molar-refractivity contribution in [3.63, 3.8) is 0 Å². The number of aromatic nitrogens is 2. The maximum Gasteiger partial charge on any atom is 0.267 e. The topological polar surface area (TPSA) is 61.7 Å². The fourth-order valence-corrected chi connectivity index (χ4v) is 4.78. The van der Waals surface area contributed by atoms with Gasteiger partial charge < -0.3 is 17.7 Å². The van der Waals surface area contributed by atoms with Crippen LogP contribution in [0.15, 0.2) is 49.1 Å². The molecule has 0 saturated carbocycles. The highest BCUT2D eigenvalue weighted by atomic mass is 35.5. The largest absolute Gasteiger partial charge is 1.00 e. The first-order chi connectivity index (χ1) is 13.2. The molecule has 1 amide bonds. The number of halogens is 1. The molecule has 1 aromatic carbocycles. The molecule has 1 N–H and O–H groups in total. The van der Waals surface area contributed by atoms with Crippen LogP contribution in [0.1, 0.15) is 34.4 Å². The Balaban J connectivity index is 0.00000225. The molecule has 0 saturated heterocycles. The smallest absolute Gasteiger partial charge is 0.267 e. The van der Waals surface area contributed by atoms with Crippen LogP contribution < -0.4 is 22.3 Å². The lowest BCUT2D eigenvalue weighted by Gasteiger charge is -2.09. The number of imidazole rings is 1. The number of nitriles is 1. The SMILES string of the molecule is N#Cc1c(NC(=O)Cn2cc[n+](Cc3ccccc3)c2)sc2c1CCCC2.[Cl-]. The van der Waals surface area contributed by atoms with Gasteiger partial charge in [-0.05, 0) is 36.8 Å². The number of hydrogen-bond acceptors (Lipinski definition) is 3. The minimum atomic E-state index is -0.104. The van der Waals surface area contributed by atoms with Crippen molar-refractivity contribution in [2.24, 2.45) is 0 Å². The van der Waals surface area contributed by atoms with E-state index in [1.807, 2.05) is 46.1 Å². The number of fused-ring (bicyclic) bond motifs is 1. The first-order valence-corrected chi connectivity index (χ1v) is 9.98. The maximum absolute atomic E-state index is 12.5. The van der Waals surface area contributed by atoms with E-state index in [9.17, 15) is 10.1 Å². The molecule has 28 heavy (non-hydrogen) atoms. The first-order valence-electron chi connectivity index (χ1n) is 9.16. The average Bonchev–Trinajstić information content (AvgIpc) is 3.25. The minimum Gasteiger partial charge on any atom is -1.00 e. The predicted molar refractivity (Wildman–Crippen MR) is 104 cm³/mol. The summed E-state index contributed by atoms with van der Waals surface area (Å²) in [5.74, 6) is -0.104. The first kappa shape index (κ1) is 20.1. The van der Waals surface area contributed by atoms with E-state index in [4.69, 9.17) is 0 Å². The average molecular weight is 413 g/mol. The number of nitrogens with zero attached hydrogens (tertiary/aromatic N) is 3. The van der Waals surface area contributed by atoms with Gasteiger partial charge in [-0.3, -0.25) is 4.79 Å². The third kappa shape index (κ3) is 4.44. The molecule has 0 spiro atoms. The Bertz CT molecular complexity index is 1000. The summed E-state index contributed by atoms with van der Waals surface area (Å²) in [5.41, 5.74) is 3.02. The molecule has 5 nitrogen and oxygen atoms in total. The molecule has 144 valence electrons. The number of thiophene rings is 1. The van der Waals surface area contributed by atoms with E-state index in [1.54, 1.807) is 11.3 Å². The van der Waals surface area contributed by atoms with E-state index < -0.39 is 0 Å². The van der Waals surface area contributed by atoms with Gasteiger partial charge in [0, 0.05) is 4.88 Å². The van der Waals surface area contributed by atoms with Crippen LogP contribution in [0, 0.1) is 11.3 Å². The second-order valence-corrected chi connectivity index (χ2v) is 7.92. The lowest BCUT2D eigenvalue weighted by Crippen LogP contribution is -3.00. The quantitative estimate of drug-likeness (QED) is 0.612. The van der Waals surface area contributed by atoms with E-state index in [1.165, 1.54) is 10.4 Å². The number of carbonyl (C=O) groups is 1. The Labute approximate surface area is 174 Å². The molecule has 0 unspecified atom stereocenters. The molecule has 1 aliphatic rings. The molecule has 0 atom stereocenters. The summed E-state index contributed by atoms with van der Waals surface area (Å²) in [7, 11) is 0. The highest BCUT2D eigenvalue weighted by Gasteiger charge is 2.22. The third-order valence-corrected chi connectivity index (χ3v) is 6.02. The molecular formula is C21H21ClN4OS. The van der Waals surface area contributed by atoms with Gasteiger partial charge in [-0.1, -0.05) is 30.3 Å². The number of benzene rings is 1.